The number of nitro benzene ring substituents is 1. The van der Waals surface area contributed by atoms with Crippen molar-refractivity contribution >= 4 is 16.7 Å². The Balaban J connectivity index is 2.20. The molecular weight excluding hydrogens is 273 g/mol. The third-order valence-electron chi connectivity index (χ3n) is 2.82. The molecule has 0 aliphatic carbocycles. The molecule has 0 amide bonds. The van der Waals surface area contributed by atoms with Crippen LogP contribution in [-0.2, 0) is 11.0 Å². The highest BCUT2D eigenvalue weighted by atomic mass is 32.2. The van der Waals surface area contributed by atoms with E-state index in [9.17, 15) is 18.7 Å². The highest BCUT2D eigenvalue weighted by Crippen LogP contribution is 2.25. The lowest BCUT2D eigenvalue weighted by atomic mass is 10.2. The Labute approximate surface area is 111 Å². The van der Waals surface area contributed by atoms with Crippen LogP contribution in [0.15, 0.2) is 29.2 Å². The Kier molecular flexibility index (Phi) is 3.87. The van der Waals surface area contributed by atoms with Gasteiger partial charge in [0.1, 0.15) is 23.2 Å². The summed E-state index contributed by atoms with van der Waals surface area (Å²) in [6.07, 6.45) is -1.14. The van der Waals surface area contributed by atoms with Crippen molar-refractivity contribution in [3.63, 3.8) is 0 Å². The van der Waals surface area contributed by atoms with E-state index in [1.165, 1.54) is 28.6 Å². The molecule has 1 fully saturated rings. The maximum Gasteiger partial charge on any atom is 0.269 e. The number of benzene rings is 1. The Hall–Kier alpha value is -1.85. The fourth-order valence-electron chi connectivity index (χ4n) is 1.88. The van der Waals surface area contributed by atoms with E-state index in [1.54, 1.807) is 0 Å². The highest BCUT2D eigenvalue weighted by Gasteiger charge is 2.36. The van der Waals surface area contributed by atoms with E-state index in [1.807, 2.05) is 6.07 Å². The van der Waals surface area contributed by atoms with Crippen molar-refractivity contribution in [1.29, 1.82) is 5.26 Å². The van der Waals surface area contributed by atoms with Crippen LogP contribution in [0.5, 0.6) is 0 Å². The highest BCUT2D eigenvalue weighted by molar-refractivity contribution is 7.82. The lowest BCUT2D eigenvalue weighted by Gasteiger charge is -2.17. The van der Waals surface area contributed by atoms with Gasteiger partial charge in [0.2, 0.25) is 0 Å². The molecule has 0 aromatic heterocycles. The number of rotatable bonds is 3. The number of hydrogen-bond donors (Lipinski definition) is 0. The summed E-state index contributed by atoms with van der Waals surface area (Å²) in [7, 11) is -1.68. The van der Waals surface area contributed by atoms with Crippen LogP contribution >= 0.6 is 0 Å². The Morgan fingerprint density at radius 1 is 1.47 bits per heavy atom. The zero-order valence-electron chi connectivity index (χ0n) is 9.73. The molecule has 1 aromatic rings. The van der Waals surface area contributed by atoms with Gasteiger partial charge in [0.25, 0.3) is 5.69 Å². The Morgan fingerprint density at radius 2 is 2.11 bits per heavy atom. The van der Waals surface area contributed by atoms with E-state index in [0.717, 1.165) is 0 Å². The second-order valence-electron chi connectivity index (χ2n) is 4.08. The summed E-state index contributed by atoms with van der Waals surface area (Å²) >= 11 is 0. The number of hydrogen-bond acceptors (Lipinski definition) is 4. The molecule has 0 radical (unpaired) electrons. The summed E-state index contributed by atoms with van der Waals surface area (Å²) in [6, 6.07) is 6.36. The molecule has 3 atom stereocenters. The van der Waals surface area contributed by atoms with E-state index >= 15 is 0 Å². The SMILES string of the molecule is N#CC1CC(F)CN1S(=O)c1ccc([N+](=O)[O-])cc1. The summed E-state index contributed by atoms with van der Waals surface area (Å²) in [6.45, 7) is -0.0676. The summed E-state index contributed by atoms with van der Waals surface area (Å²) in [5, 5.41) is 19.4. The third kappa shape index (κ3) is 2.77. The van der Waals surface area contributed by atoms with Gasteiger partial charge in [0.05, 0.1) is 15.9 Å². The van der Waals surface area contributed by atoms with E-state index in [0.29, 0.717) is 4.90 Å². The molecular formula is C11H10FN3O3S. The fourth-order valence-corrected chi connectivity index (χ4v) is 3.18. The van der Waals surface area contributed by atoms with Crippen molar-refractivity contribution in [3.05, 3.63) is 34.4 Å². The van der Waals surface area contributed by atoms with Crippen LogP contribution < -0.4 is 0 Å². The molecule has 19 heavy (non-hydrogen) atoms. The summed E-state index contributed by atoms with van der Waals surface area (Å²) in [5.41, 5.74) is -0.109. The number of nitro groups is 1. The Morgan fingerprint density at radius 3 is 2.63 bits per heavy atom. The number of nitriles is 1. The smallest absolute Gasteiger partial charge is 0.258 e. The average Bonchev–Trinajstić information content (AvgIpc) is 2.79. The molecule has 8 heteroatoms. The zero-order chi connectivity index (χ0) is 14.0. The molecule has 1 aromatic carbocycles. The normalized spacial score (nSPS) is 24.8. The van der Waals surface area contributed by atoms with Crippen molar-refractivity contribution in [2.75, 3.05) is 6.54 Å². The summed E-state index contributed by atoms with van der Waals surface area (Å²) in [5.74, 6) is 0. The number of halogens is 1. The maximum atomic E-state index is 13.2. The van der Waals surface area contributed by atoms with E-state index in [4.69, 9.17) is 5.26 Å². The van der Waals surface area contributed by atoms with E-state index in [-0.39, 0.29) is 18.7 Å². The number of alkyl halides is 1. The molecule has 0 spiro atoms. The molecule has 0 bridgehead atoms. The van der Waals surface area contributed by atoms with E-state index in [2.05, 4.69) is 0 Å². The first kappa shape index (κ1) is 13.6. The molecule has 0 N–H and O–H groups in total. The van der Waals surface area contributed by atoms with Crippen LogP contribution in [-0.4, -0.2) is 32.2 Å². The van der Waals surface area contributed by atoms with Gasteiger partial charge in [-0.2, -0.15) is 5.26 Å². The number of non-ortho nitro benzene ring substituents is 1. The van der Waals surface area contributed by atoms with Crippen molar-refractivity contribution < 1.29 is 13.5 Å². The van der Waals surface area contributed by atoms with Gasteiger partial charge in [-0.3, -0.25) is 10.1 Å². The first-order valence-corrected chi connectivity index (χ1v) is 6.60. The van der Waals surface area contributed by atoms with Gasteiger partial charge < -0.3 is 0 Å². The fraction of sp³-hybridized carbons (Fsp3) is 0.364. The molecule has 100 valence electrons. The van der Waals surface area contributed by atoms with Gasteiger partial charge in [-0.25, -0.2) is 12.9 Å². The minimum Gasteiger partial charge on any atom is -0.258 e. The maximum absolute atomic E-state index is 13.2. The molecule has 3 unspecified atom stereocenters. The van der Waals surface area contributed by atoms with Crippen LogP contribution in [0.1, 0.15) is 6.42 Å². The van der Waals surface area contributed by atoms with Crippen LogP contribution in [0.2, 0.25) is 0 Å². The molecule has 1 heterocycles. The van der Waals surface area contributed by atoms with Gasteiger partial charge in [0.15, 0.2) is 0 Å². The van der Waals surface area contributed by atoms with Crippen molar-refractivity contribution in [1.82, 2.24) is 4.31 Å². The second-order valence-corrected chi connectivity index (χ2v) is 5.52. The quantitative estimate of drug-likeness (QED) is 0.622. The van der Waals surface area contributed by atoms with Crippen molar-refractivity contribution in [3.8, 4) is 6.07 Å². The number of nitrogens with zero attached hydrogens (tertiary/aromatic N) is 3. The first-order chi connectivity index (χ1) is 9.02. The van der Waals surface area contributed by atoms with Crippen LogP contribution in [0.3, 0.4) is 0 Å². The minimum atomic E-state index is -1.68. The predicted molar refractivity (Wildman–Crippen MR) is 65.1 cm³/mol. The molecule has 1 aliphatic rings. The molecule has 6 nitrogen and oxygen atoms in total. The molecule has 1 aliphatic heterocycles. The van der Waals surface area contributed by atoms with Gasteiger partial charge in [0, 0.05) is 25.1 Å². The lowest BCUT2D eigenvalue weighted by Crippen LogP contribution is -2.30. The van der Waals surface area contributed by atoms with E-state index < -0.39 is 28.1 Å². The minimum absolute atomic E-state index is 0.0369. The monoisotopic (exact) mass is 283 g/mol. The van der Waals surface area contributed by atoms with Crippen LogP contribution in [0, 0.1) is 21.4 Å². The molecule has 2 rings (SSSR count). The zero-order valence-corrected chi connectivity index (χ0v) is 10.5. The largest absolute Gasteiger partial charge is 0.269 e. The Bertz CT molecular complexity index is 557. The van der Waals surface area contributed by atoms with Crippen molar-refractivity contribution in [2.24, 2.45) is 0 Å². The van der Waals surface area contributed by atoms with Gasteiger partial charge >= 0.3 is 0 Å². The first-order valence-electron chi connectivity index (χ1n) is 5.49. The summed E-state index contributed by atoms with van der Waals surface area (Å²) in [4.78, 5) is 10.3. The van der Waals surface area contributed by atoms with Gasteiger partial charge in [-0.1, -0.05) is 0 Å². The molecule has 1 saturated heterocycles. The van der Waals surface area contributed by atoms with Crippen LogP contribution in [0.25, 0.3) is 0 Å². The second kappa shape index (κ2) is 5.42. The molecule has 0 saturated carbocycles. The van der Waals surface area contributed by atoms with Crippen LogP contribution in [0.4, 0.5) is 10.1 Å². The third-order valence-corrected chi connectivity index (χ3v) is 4.32. The summed E-state index contributed by atoms with van der Waals surface area (Å²) < 4.78 is 26.7. The lowest BCUT2D eigenvalue weighted by molar-refractivity contribution is -0.384. The average molecular weight is 283 g/mol. The van der Waals surface area contributed by atoms with Gasteiger partial charge in [-0.15, -0.1) is 0 Å². The standard InChI is InChI=1S/C11H10FN3O3S/c12-8-5-10(6-13)14(7-8)19(18)11-3-1-9(2-4-11)15(16)17/h1-4,8,10H,5,7H2. The van der Waals surface area contributed by atoms with Gasteiger partial charge in [-0.05, 0) is 12.1 Å². The predicted octanol–water partition coefficient (Wildman–Crippen LogP) is 1.55. The topological polar surface area (TPSA) is 87.2 Å². The van der Waals surface area contributed by atoms with Crippen molar-refractivity contribution in [2.45, 2.75) is 23.5 Å².